The first-order valence-corrected chi connectivity index (χ1v) is 11.8. The topological polar surface area (TPSA) is 135 Å². The number of aromatic nitrogens is 1. The third-order valence-corrected chi connectivity index (χ3v) is 6.68. The van der Waals surface area contributed by atoms with Gasteiger partial charge in [-0.05, 0) is 58.4 Å². The van der Waals surface area contributed by atoms with Gasteiger partial charge in [0.2, 0.25) is 0 Å². The number of amides is 1. The summed E-state index contributed by atoms with van der Waals surface area (Å²) in [5.74, 6) is -2.22. The number of aromatic hydroxyl groups is 1. The highest BCUT2D eigenvalue weighted by molar-refractivity contribution is 9.11. The lowest BCUT2D eigenvalue weighted by Gasteiger charge is -2.11. The molecule has 1 amide bonds. The lowest BCUT2D eigenvalue weighted by Crippen LogP contribution is -2.21. The Labute approximate surface area is 194 Å². The Kier molecular flexibility index (Phi) is 7.15. The quantitative estimate of drug-likeness (QED) is 0.383. The van der Waals surface area contributed by atoms with Crippen molar-refractivity contribution in [3.05, 3.63) is 63.0 Å². The van der Waals surface area contributed by atoms with E-state index in [9.17, 15) is 23.1 Å². The maximum absolute atomic E-state index is 12.6. The number of thiazole rings is 1. The molecule has 0 radical (unpaired) electrons. The van der Waals surface area contributed by atoms with Gasteiger partial charge in [-0.1, -0.05) is 22.9 Å². The molecule has 0 saturated carbocycles. The number of halogens is 2. The zero-order chi connectivity index (χ0) is 22.6. The number of carbonyl (C=O) groups is 2. The number of anilines is 2. The standard InChI is InChI=1S/C18H13BrClN3O6S2/c19-15-8-21-18(30-15)22-16(25)9-29-17(26)13-7-12(5-6-14(13)24)31(27,28)23-11-3-1-10(20)2-4-11/h1-8,23-24H,9H2,(H,21,22,25). The molecule has 1 heterocycles. The zero-order valence-corrected chi connectivity index (χ0v) is 19.3. The van der Waals surface area contributed by atoms with Crippen molar-refractivity contribution in [1.82, 2.24) is 4.98 Å². The Morgan fingerprint density at radius 2 is 1.90 bits per heavy atom. The van der Waals surface area contributed by atoms with Crippen molar-refractivity contribution in [3.8, 4) is 5.75 Å². The van der Waals surface area contributed by atoms with Gasteiger partial charge >= 0.3 is 5.97 Å². The third-order valence-electron chi connectivity index (χ3n) is 3.65. The van der Waals surface area contributed by atoms with Crippen molar-refractivity contribution in [2.45, 2.75) is 4.90 Å². The summed E-state index contributed by atoms with van der Waals surface area (Å²) in [6, 6.07) is 9.07. The van der Waals surface area contributed by atoms with Crippen molar-refractivity contribution in [2.75, 3.05) is 16.6 Å². The van der Waals surface area contributed by atoms with E-state index in [1.54, 1.807) is 0 Å². The Bertz CT molecular complexity index is 1230. The summed E-state index contributed by atoms with van der Waals surface area (Å²) < 4.78 is 33.1. The van der Waals surface area contributed by atoms with E-state index in [1.807, 2.05) is 0 Å². The summed E-state index contributed by atoms with van der Waals surface area (Å²) in [4.78, 5) is 27.8. The summed E-state index contributed by atoms with van der Waals surface area (Å²) in [7, 11) is -4.07. The molecule has 0 spiro atoms. The van der Waals surface area contributed by atoms with Gasteiger partial charge in [0.05, 0.1) is 14.9 Å². The average molecular weight is 547 g/mol. The van der Waals surface area contributed by atoms with E-state index in [0.29, 0.717) is 13.9 Å². The van der Waals surface area contributed by atoms with E-state index >= 15 is 0 Å². The van der Waals surface area contributed by atoms with E-state index in [-0.39, 0.29) is 10.6 Å². The number of carbonyl (C=O) groups excluding carboxylic acids is 2. The number of benzene rings is 2. The number of phenolic OH excluding ortho intramolecular Hbond substituents is 1. The van der Waals surface area contributed by atoms with Gasteiger partial charge in [0.15, 0.2) is 11.7 Å². The number of hydrogen-bond donors (Lipinski definition) is 3. The van der Waals surface area contributed by atoms with Gasteiger partial charge in [0.1, 0.15) is 11.3 Å². The lowest BCUT2D eigenvalue weighted by molar-refractivity contribution is -0.119. The molecule has 0 atom stereocenters. The molecule has 3 aromatic rings. The van der Waals surface area contributed by atoms with E-state index in [2.05, 4.69) is 31.0 Å². The van der Waals surface area contributed by atoms with Crippen LogP contribution < -0.4 is 10.0 Å². The number of hydrogen-bond acceptors (Lipinski definition) is 8. The highest BCUT2D eigenvalue weighted by Gasteiger charge is 2.21. The first-order chi connectivity index (χ1) is 14.6. The van der Waals surface area contributed by atoms with Gasteiger partial charge in [-0.2, -0.15) is 0 Å². The Balaban J connectivity index is 1.69. The first kappa shape index (κ1) is 23.0. The third kappa shape index (κ3) is 6.17. The molecule has 162 valence electrons. The molecule has 0 unspecified atom stereocenters. The SMILES string of the molecule is O=C(COC(=O)c1cc(S(=O)(=O)Nc2ccc(Cl)cc2)ccc1O)Nc1ncc(Br)s1. The van der Waals surface area contributed by atoms with Crippen LogP contribution in [-0.2, 0) is 19.6 Å². The molecule has 31 heavy (non-hydrogen) atoms. The monoisotopic (exact) mass is 545 g/mol. The van der Waals surface area contributed by atoms with E-state index in [1.165, 1.54) is 41.8 Å². The van der Waals surface area contributed by atoms with Crippen LogP contribution in [0.25, 0.3) is 0 Å². The smallest absolute Gasteiger partial charge is 0.342 e. The molecular weight excluding hydrogens is 534 g/mol. The molecule has 3 rings (SSSR count). The number of nitrogens with zero attached hydrogens (tertiary/aromatic N) is 1. The molecule has 9 nitrogen and oxygen atoms in total. The molecule has 0 bridgehead atoms. The minimum absolute atomic E-state index is 0.257. The number of nitrogens with one attached hydrogen (secondary N) is 2. The predicted octanol–water partition coefficient (Wildman–Crippen LogP) is 3.86. The van der Waals surface area contributed by atoms with Gasteiger partial charge in [0, 0.05) is 10.7 Å². The van der Waals surface area contributed by atoms with Crippen molar-refractivity contribution in [3.63, 3.8) is 0 Å². The maximum Gasteiger partial charge on any atom is 0.342 e. The lowest BCUT2D eigenvalue weighted by atomic mass is 10.2. The molecule has 2 aromatic carbocycles. The minimum atomic E-state index is -4.07. The van der Waals surface area contributed by atoms with Crippen molar-refractivity contribution in [2.24, 2.45) is 0 Å². The molecule has 3 N–H and O–H groups in total. The summed E-state index contributed by atoms with van der Waals surface area (Å²) >= 11 is 10.1. The largest absolute Gasteiger partial charge is 0.507 e. The number of phenols is 1. The minimum Gasteiger partial charge on any atom is -0.507 e. The van der Waals surface area contributed by atoms with Crippen LogP contribution in [0.4, 0.5) is 10.8 Å². The Hall–Kier alpha value is -2.67. The summed E-state index contributed by atoms with van der Waals surface area (Å²) in [5, 5.41) is 13.1. The Morgan fingerprint density at radius 3 is 2.55 bits per heavy atom. The van der Waals surface area contributed by atoms with Gasteiger partial charge in [-0.25, -0.2) is 18.2 Å². The van der Waals surface area contributed by atoms with Gasteiger partial charge in [0.25, 0.3) is 15.9 Å². The van der Waals surface area contributed by atoms with Crippen LogP contribution in [0.3, 0.4) is 0 Å². The molecule has 0 aliphatic heterocycles. The van der Waals surface area contributed by atoms with Crippen LogP contribution in [0.2, 0.25) is 5.02 Å². The van der Waals surface area contributed by atoms with E-state index < -0.39 is 39.8 Å². The molecule has 0 aliphatic rings. The van der Waals surface area contributed by atoms with Crippen LogP contribution in [0.15, 0.2) is 57.3 Å². The summed E-state index contributed by atoms with van der Waals surface area (Å²) in [5.41, 5.74) is -0.157. The first-order valence-electron chi connectivity index (χ1n) is 8.34. The number of esters is 1. The fourth-order valence-corrected chi connectivity index (χ4v) is 4.59. The normalized spacial score (nSPS) is 11.0. The van der Waals surface area contributed by atoms with Gasteiger partial charge in [-0.15, -0.1) is 0 Å². The Morgan fingerprint density at radius 1 is 1.19 bits per heavy atom. The molecule has 0 fully saturated rings. The predicted molar refractivity (Wildman–Crippen MR) is 119 cm³/mol. The van der Waals surface area contributed by atoms with Crippen LogP contribution >= 0.6 is 38.9 Å². The number of ether oxygens (including phenoxy) is 1. The molecule has 13 heteroatoms. The van der Waals surface area contributed by atoms with Crippen LogP contribution in [0, 0.1) is 0 Å². The summed E-state index contributed by atoms with van der Waals surface area (Å²) in [6.07, 6.45) is 1.49. The molecule has 1 aromatic heterocycles. The van der Waals surface area contributed by atoms with E-state index in [4.69, 9.17) is 16.3 Å². The average Bonchev–Trinajstić information content (AvgIpc) is 3.12. The van der Waals surface area contributed by atoms with Crippen molar-refractivity contribution in [1.29, 1.82) is 0 Å². The van der Waals surface area contributed by atoms with Crippen LogP contribution in [-0.4, -0.2) is 37.0 Å². The van der Waals surface area contributed by atoms with Crippen molar-refractivity contribution >= 4 is 71.6 Å². The highest BCUT2D eigenvalue weighted by atomic mass is 79.9. The molecular formula is C18H13BrClN3O6S2. The summed E-state index contributed by atoms with van der Waals surface area (Å²) in [6.45, 7) is -0.657. The second-order valence-corrected chi connectivity index (χ2v) is 10.4. The van der Waals surface area contributed by atoms with Crippen LogP contribution in [0.5, 0.6) is 5.75 Å². The second kappa shape index (κ2) is 9.64. The fourth-order valence-electron chi connectivity index (χ4n) is 2.25. The van der Waals surface area contributed by atoms with Gasteiger partial charge < -0.3 is 9.84 Å². The maximum atomic E-state index is 12.6. The van der Waals surface area contributed by atoms with Crippen LogP contribution in [0.1, 0.15) is 10.4 Å². The van der Waals surface area contributed by atoms with Crippen molar-refractivity contribution < 1.29 is 27.9 Å². The number of sulfonamides is 1. The van der Waals surface area contributed by atoms with E-state index in [0.717, 1.165) is 18.2 Å². The molecule has 0 aliphatic carbocycles. The highest BCUT2D eigenvalue weighted by Crippen LogP contribution is 2.25. The zero-order valence-electron chi connectivity index (χ0n) is 15.3. The number of rotatable bonds is 7. The van der Waals surface area contributed by atoms with Gasteiger partial charge in [-0.3, -0.25) is 14.8 Å². The molecule has 0 saturated heterocycles. The fraction of sp³-hybridized carbons (Fsp3) is 0.0556. The second-order valence-electron chi connectivity index (χ2n) is 5.89.